The summed E-state index contributed by atoms with van der Waals surface area (Å²) in [4.78, 5) is 15.7. The van der Waals surface area contributed by atoms with Crippen molar-refractivity contribution in [1.82, 2.24) is 19.5 Å². The van der Waals surface area contributed by atoms with Crippen molar-refractivity contribution in [3.8, 4) is 62.1 Å². The normalized spacial score (nSPS) is 12.0. The van der Waals surface area contributed by atoms with Crippen LogP contribution in [0.2, 0.25) is 0 Å². The molecule has 5 aromatic heterocycles. The summed E-state index contributed by atoms with van der Waals surface area (Å²) in [5.41, 5.74) is 13.8. The number of thiophene rings is 1. The number of nitrogens with zero attached hydrogens (tertiary/aromatic N) is 4. The zero-order chi connectivity index (χ0) is 45.9. The number of rotatable bonds is 6. The molecule has 15 rings (SSSR count). The second-order valence-electron chi connectivity index (χ2n) is 17.9. The smallest absolute Gasteiger partial charge is 0.164 e. The lowest BCUT2D eigenvalue weighted by atomic mass is 9.95. The summed E-state index contributed by atoms with van der Waals surface area (Å²) in [6, 6.07) is 76.7. The van der Waals surface area contributed by atoms with E-state index < -0.39 is 0 Å². The number of benzene rings is 10. The van der Waals surface area contributed by atoms with Crippen molar-refractivity contribution >= 4 is 97.2 Å². The van der Waals surface area contributed by atoms with Gasteiger partial charge >= 0.3 is 0 Å². The number of aromatic nitrogens is 4. The molecule has 0 saturated heterocycles. The molecule has 0 saturated carbocycles. The van der Waals surface area contributed by atoms with Crippen LogP contribution in [-0.2, 0) is 0 Å². The van der Waals surface area contributed by atoms with Crippen molar-refractivity contribution in [3.63, 3.8) is 0 Å². The van der Waals surface area contributed by atoms with Gasteiger partial charge in [0.25, 0.3) is 0 Å². The van der Waals surface area contributed by atoms with Gasteiger partial charge in [0.05, 0.1) is 11.0 Å². The molecule has 0 bridgehead atoms. The molecule has 0 aliphatic rings. The summed E-state index contributed by atoms with van der Waals surface area (Å²) >= 11 is 1.84. The highest BCUT2D eigenvalue weighted by atomic mass is 32.1. The van der Waals surface area contributed by atoms with Gasteiger partial charge in [-0.05, 0) is 107 Å². The number of hydrogen-bond acceptors (Lipinski definition) is 6. The fourth-order valence-electron chi connectivity index (χ4n) is 10.6. The quantitative estimate of drug-likeness (QED) is 0.166. The number of para-hydroxylation sites is 2. The topological polar surface area (TPSA) is 69.9 Å². The van der Waals surface area contributed by atoms with Crippen LogP contribution in [0.1, 0.15) is 0 Å². The second kappa shape index (κ2) is 15.2. The van der Waals surface area contributed by atoms with Crippen LogP contribution in [0.3, 0.4) is 0 Å². The first kappa shape index (κ1) is 38.9. The lowest BCUT2D eigenvalue weighted by Crippen LogP contribution is -2.00. The van der Waals surface area contributed by atoms with Gasteiger partial charge in [0, 0.05) is 74.9 Å². The molecule has 0 aliphatic carbocycles. The molecule has 0 unspecified atom stereocenters. The summed E-state index contributed by atoms with van der Waals surface area (Å²) < 4.78 is 18.1. The summed E-state index contributed by atoms with van der Waals surface area (Å²) in [7, 11) is 0. The van der Waals surface area contributed by atoms with Crippen LogP contribution < -0.4 is 0 Å². The predicted octanol–water partition coefficient (Wildman–Crippen LogP) is 17.5. The molecule has 0 spiro atoms. The average molecular weight is 913 g/mol. The summed E-state index contributed by atoms with van der Waals surface area (Å²) in [6.45, 7) is 0. The first-order chi connectivity index (χ1) is 34.7. The summed E-state index contributed by atoms with van der Waals surface area (Å²) in [5, 5.41) is 8.96. The average Bonchev–Trinajstić information content (AvgIpc) is 4.19. The van der Waals surface area contributed by atoms with E-state index in [-0.39, 0.29) is 0 Å². The third kappa shape index (κ3) is 6.02. The Morgan fingerprint density at radius 3 is 1.67 bits per heavy atom. The first-order valence-electron chi connectivity index (χ1n) is 23.4. The SMILES string of the molecule is c1ccc(-c2nc(-c3ccc4c(c3)c3ccccc3n4-c3ccccc3)nc(-c3cccc4oc5ccc(-c6cccc7oc8ccc(-c9ccc%10c(c9)sc9ccccc9%10)cc8c67)cc5c34)n2)cc1. The molecule has 326 valence electrons. The zero-order valence-corrected chi connectivity index (χ0v) is 38.1. The first-order valence-corrected chi connectivity index (χ1v) is 24.2. The van der Waals surface area contributed by atoms with E-state index in [4.69, 9.17) is 23.8 Å². The van der Waals surface area contributed by atoms with Crippen LogP contribution in [0.5, 0.6) is 0 Å². The summed E-state index contributed by atoms with van der Waals surface area (Å²) in [6.07, 6.45) is 0. The van der Waals surface area contributed by atoms with E-state index in [1.165, 1.54) is 25.7 Å². The van der Waals surface area contributed by atoms with Gasteiger partial charge in [-0.15, -0.1) is 11.3 Å². The minimum absolute atomic E-state index is 0.568. The molecule has 7 heteroatoms. The van der Waals surface area contributed by atoms with Gasteiger partial charge < -0.3 is 13.4 Å². The third-order valence-corrected chi connectivity index (χ3v) is 15.0. The van der Waals surface area contributed by atoms with E-state index in [0.29, 0.717) is 17.5 Å². The molecule has 0 aliphatic heterocycles. The predicted molar refractivity (Wildman–Crippen MR) is 289 cm³/mol. The lowest BCUT2D eigenvalue weighted by molar-refractivity contribution is 0.669. The van der Waals surface area contributed by atoms with Gasteiger partial charge in [-0.3, -0.25) is 0 Å². The molecule has 0 amide bonds. The van der Waals surface area contributed by atoms with Gasteiger partial charge in [-0.1, -0.05) is 133 Å². The standard InChI is InChI=1S/C63H36N4O2S/c1-3-13-37(14-4-1)61-64-62(41-26-30-52-48(35-41)44-17-7-9-21-51(44)67(52)42-15-5-2-6-16-42)66-63(65-61)47-20-12-23-56-60(47)50-34-40(28-32-54(50)69-56)43-19-11-22-55-59(43)49-33-38(27-31-53(49)68-55)39-25-29-46-45-18-8-10-24-57(45)70-58(46)36-39/h1-36H. The van der Waals surface area contributed by atoms with Crippen LogP contribution >= 0.6 is 11.3 Å². The van der Waals surface area contributed by atoms with Crippen molar-refractivity contribution in [1.29, 1.82) is 0 Å². The maximum atomic E-state index is 6.63. The van der Waals surface area contributed by atoms with Crippen molar-refractivity contribution < 1.29 is 8.83 Å². The van der Waals surface area contributed by atoms with Crippen molar-refractivity contribution in [2.45, 2.75) is 0 Å². The Labute approximate surface area is 404 Å². The highest BCUT2D eigenvalue weighted by Crippen LogP contribution is 2.44. The van der Waals surface area contributed by atoms with Crippen LogP contribution in [-0.4, -0.2) is 19.5 Å². The maximum Gasteiger partial charge on any atom is 0.164 e. The highest BCUT2D eigenvalue weighted by molar-refractivity contribution is 7.25. The molecule has 0 fully saturated rings. The van der Waals surface area contributed by atoms with Crippen LogP contribution in [0.15, 0.2) is 227 Å². The highest BCUT2D eigenvalue weighted by Gasteiger charge is 2.21. The molecule has 5 heterocycles. The fourth-order valence-corrected chi connectivity index (χ4v) is 11.8. The zero-order valence-electron chi connectivity index (χ0n) is 37.3. The van der Waals surface area contributed by atoms with E-state index in [1.807, 2.05) is 53.8 Å². The molecule has 10 aromatic carbocycles. The molecule has 0 atom stereocenters. The van der Waals surface area contributed by atoms with Gasteiger partial charge in [-0.2, -0.15) is 0 Å². The van der Waals surface area contributed by atoms with Crippen LogP contribution in [0.25, 0.3) is 148 Å². The minimum atomic E-state index is 0.568. The lowest BCUT2D eigenvalue weighted by Gasteiger charge is -2.10. The molecule has 0 radical (unpaired) electrons. The molecule has 6 nitrogen and oxygen atoms in total. The fraction of sp³-hybridized carbons (Fsp3) is 0. The summed E-state index contributed by atoms with van der Waals surface area (Å²) in [5.74, 6) is 1.76. The van der Waals surface area contributed by atoms with E-state index >= 15 is 0 Å². The van der Waals surface area contributed by atoms with Crippen LogP contribution in [0.4, 0.5) is 0 Å². The monoisotopic (exact) mass is 912 g/mol. The van der Waals surface area contributed by atoms with Gasteiger partial charge in [-0.25, -0.2) is 15.0 Å². The Morgan fingerprint density at radius 2 is 0.871 bits per heavy atom. The van der Waals surface area contributed by atoms with E-state index in [9.17, 15) is 0 Å². The molecule has 0 N–H and O–H groups in total. The molecule has 70 heavy (non-hydrogen) atoms. The molecular formula is C63H36N4O2S. The Bertz CT molecular complexity index is 4600. The van der Waals surface area contributed by atoms with Crippen LogP contribution in [0, 0.1) is 0 Å². The van der Waals surface area contributed by atoms with Crippen molar-refractivity contribution in [2.24, 2.45) is 0 Å². The molecule has 15 aromatic rings. The van der Waals surface area contributed by atoms with Crippen molar-refractivity contribution in [3.05, 3.63) is 218 Å². The number of hydrogen-bond donors (Lipinski definition) is 0. The Kier molecular flexibility index (Phi) is 8.43. The van der Waals surface area contributed by atoms with Gasteiger partial charge in [0.15, 0.2) is 17.5 Å². The molecular weight excluding hydrogens is 877 g/mol. The van der Waals surface area contributed by atoms with Crippen molar-refractivity contribution in [2.75, 3.05) is 0 Å². The van der Waals surface area contributed by atoms with E-state index in [0.717, 1.165) is 105 Å². The number of furan rings is 2. The van der Waals surface area contributed by atoms with E-state index in [1.54, 1.807) is 0 Å². The largest absolute Gasteiger partial charge is 0.456 e. The minimum Gasteiger partial charge on any atom is -0.456 e. The van der Waals surface area contributed by atoms with Gasteiger partial charge in [0.2, 0.25) is 0 Å². The third-order valence-electron chi connectivity index (χ3n) is 13.9. The Balaban J connectivity index is 0.887. The van der Waals surface area contributed by atoms with E-state index in [2.05, 4.69) is 180 Å². The number of fused-ring (bicyclic) bond motifs is 12. The Hall–Kier alpha value is -9.17. The maximum absolute atomic E-state index is 6.63. The second-order valence-corrected chi connectivity index (χ2v) is 19.0. The van der Waals surface area contributed by atoms with Gasteiger partial charge in [0.1, 0.15) is 22.3 Å². The Morgan fingerprint density at radius 1 is 0.314 bits per heavy atom.